The van der Waals surface area contributed by atoms with Crippen LogP contribution in [0.4, 0.5) is 34.1 Å². The predicted octanol–water partition coefficient (Wildman–Crippen LogP) is 12.5. The lowest BCUT2D eigenvalue weighted by Crippen LogP contribution is -2.11. The van der Waals surface area contributed by atoms with Crippen LogP contribution in [0.2, 0.25) is 0 Å². The summed E-state index contributed by atoms with van der Waals surface area (Å²) in [5.41, 5.74) is 12.3. The standard InChI is InChI=1S/C45H32N2/c1-3-16-37(17-4-1)46(38-18-5-2-6-19-38)39-24-26-42-35(30-39)28-36-31-41(25-27-43(36)42)47(40-23-22-32-12-7-8-14-34(32)29-40)45-21-11-15-33-13-9-10-20-44(33)45/h1-27,29-31H,28H2. The topological polar surface area (TPSA) is 6.48 Å². The van der Waals surface area contributed by atoms with E-state index in [0.717, 1.165) is 23.5 Å². The molecule has 0 bridgehead atoms. The molecule has 0 heterocycles. The Morgan fingerprint density at radius 3 is 1.51 bits per heavy atom. The van der Waals surface area contributed by atoms with Crippen molar-refractivity contribution in [2.75, 3.05) is 9.80 Å². The van der Waals surface area contributed by atoms with Crippen molar-refractivity contribution in [1.82, 2.24) is 0 Å². The van der Waals surface area contributed by atoms with Gasteiger partial charge in [0.05, 0.1) is 5.69 Å². The molecule has 0 radical (unpaired) electrons. The molecule has 0 saturated heterocycles. The lowest BCUT2D eigenvalue weighted by atomic mass is 10.0. The van der Waals surface area contributed by atoms with Gasteiger partial charge in [0.2, 0.25) is 0 Å². The molecule has 0 aliphatic heterocycles. The van der Waals surface area contributed by atoms with Gasteiger partial charge in [0.15, 0.2) is 0 Å². The molecule has 2 nitrogen and oxygen atoms in total. The molecule has 0 N–H and O–H groups in total. The van der Waals surface area contributed by atoms with E-state index in [0.29, 0.717) is 0 Å². The highest BCUT2D eigenvalue weighted by Crippen LogP contribution is 2.45. The van der Waals surface area contributed by atoms with E-state index in [-0.39, 0.29) is 0 Å². The van der Waals surface area contributed by atoms with E-state index in [4.69, 9.17) is 0 Å². The molecule has 1 aliphatic carbocycles. The summed E-state index contributed by atoms with van der Waals surface area (Å²) in [5, 5.41) is 4.95. The molecule has 0 aromatic heterocycles. The highest BCUT2D eigenvalue weighted by molar-refractivity contribution is 6.00. The van der Waals surface area contributed by atoms with Crippen LogP contribution in [0, 0.1) is 0 Å². The average molecular weight is 601 g/mol. The fourth-order valence-corrected chi connectivity index (χ4v) is 7.21. The molecule has 0 spiro atoms. The van der Waals surface area contributed by atoms with Crippen LogP contribution in [0.1, 0.15) is 11.1 Å². The normalized spacial score (nSPS) is 11.7. The fraction of sp³-hybridized carbons (Fsp3) is 0.0222. The Balaban J connectivity index is 1.15. The maximum atomic E-state index is 2.43. The second-order valence-corrected chi connectivity index (χ2v) is 12.2. The average Bonchev–Trinajstić information content (AvgIpc) is 3.50. The van der Waals surface area contributed by atoms with E-state index >= 15 is 0 Å². The number of hydrogen-bond donors (Lipinski definition) is 0. The zero-order valence-electron chi connectivity index (χ0n) is 25.9. The summed E-state index contributed by atoms with van der Waals surface area (Å²) < 4.78 is 0. The van der Waals surface area contributed by atoms with Crippen LogP contribution in [-0.2, 0) is 6.42 Å². The third-order valence-electron chi connectivity index (χ3n) is 9.39. The lowest BCUT2D eigenvalue weighted by Gasteiger charge is -2.27. The van der Waals surface area contributed by atoms with E-state index in [1.807, 2.05) is 0 Å². The zero-order chi connectivity index (χ0) is 31.2. The molecule has 47 heavy (non-hydrogen) atoms. The first-order valence-electron chi connectivity index (χ1n) is 16.2. The van der Waals surface area contributed by atoms with Crippen LogP contribution in [0.15, 0.2) is 182 Å². The van der Waals surface area contributed by atoms with Gasteiger partial charge in [-0.05, 0) is 112 Å². The quantitative estimate of drug-likeness (QED) is 0.187. The zero-order valence-corrected chi connectivity index (χ0v) is 25.9. The number of nitrogens with zero attached hydrogens (tertiary/aromatic N) is 2. The van der Waals surface area contributed by atoms with Gasteiger partial charge in [-0.25, -0.2) is 0 Å². The van der Waals surface area contributed by atoms with Gasteiger partial charge in [-0.2, -0.15) is 0 Å². The summed E-state index contributed by atoms with van der Waals surface area (Å²) in [5.74, 6) is 0. The van der Waals surface area contributed by atoms with E-state index in [9.17, 15) is 0 Å². The Hall–Kier alpha value is -6.12. The maximum Gasteiger partial charge on any atom is 0.0540 e. The summed E-state index contributed by atoms with van der Waals surface area (Å²) in [4.78, 5) is 4.77. The molecule has 0 amide bonds. The molecule has 9 rings (SSSR count). The van der Waals surface area contributed by atoms with Crippen LogP contribution in [0.25, 0.3) is 32.7 Å². The third kappa shape index (κ3) is 4.83. The highest BCUT2D eigenvalue weighted by atomic mass is 15.1. The first kappa shape index (κ1) is 27.2. The van der Waals surface area contributed by atoms with Crippen molar-refractivity contribution in [3.63, 3.8) is 0 Å². The van der Waals surface area contributed by atoms with Crippen LogP contribution in [0.3, 0.4) is 0 Å². The molecule has 0 atom stereocenters. The van der Waals surface area contributed by atoms with Crippen molar-refractivity contribution in [1.29, 1.82) is 0 Å². The van der Waals surface area contributed by atoms with Crippen molar-refractivity contribution in [3.8, 4) is 11.1 Å². The van der Waals surface area contributed by atoms with Crippen molar-refractivity contribution >= 4 is 55.7 Å². The summed E-state index contributed by atoms with van der Waals surface area (Å²) in [6, 6.07) is 65.9. The lowest BCUT2D eigenvalue weighted by molar-refractivity contribution is 1.22. The largest absolute Gasteiger partial charge is 0.310 e. The first-order valence-corrected chi connectivity index (χ1v) is 16.2. The number of para-hydroxylation sites is 2. The van der Waals surface area contributed by atoms with Crippen LogP contribution in [-0.4, -0.2) is 0 Å². The summed E-state index contributed by atoms with van der Waals surface area (Å²) >= 11 is 0. The van der Waals surface area contributed by atoms with Crippen LogP contribution >= 0.6 is 0 Å². The third-order valence-corrected chi connectivity index (χ3v) is 9.39. The molecule has 1 aliphatic rings. The van der Waals surface area contributed by atoms with Gasteiger partial charge in [-0.15, -0.1) is 0 Å². The Labute approximate surface area is 275 Å². The summed E-state index contributed by atoms with van der Waals surface area (Å²) in [7, 11) is 0. The Bertz CT molecular complexity index is 2350. The minimum Gasteiger partial charge on any atom is -0.310 e. The molecule has 0 saturated carbocycles. The van der Waals surface area contributed by atoms with Crippen LogP contribution in [0.5, 0.6) is 0 Å². The Morgan fingerprint density at radius 2 is 0.830 bits per heavy atom. The van der Waals surface area contributed by atoms with Gasteiger partial charge >= 0.3 is 0 Å². The molecular weight excluding hydrogens is 569 g/mol. The van der Waals surface area contributed by atoms with Gasteiger partial charge in [-0.3, -0.25) is 0 Å². The second-order valence-electron chi connectivity index (χ2n) is 12.2. The first-order chi connectivity index (χ1) is 23.3. The molecular formula is C45H32N2. The predicted molar refractivity (Wildman–Crippen MR) is 199 cm³/mol. The smallest absolute Gasteiger partial charge is 0.0540 e. The van der Waals surface area contributed by atoms with Crippen molar-refractivity contribution < 1.29 is 0 Å². The maximum absolute atomic E-state index is 2.43. The number of anilines is 6. The summed E-state index contributed by atoms with van der Waals surface area (Å²) in [6.45, 7) is 0. The van der Waals surface area contributed by atoms with Crippen LogP contribution < -0.4 is 9.80 Å². The number of benzene rings is 8. The number of hydrogen-bond acceptors (Lipinski definition) is 2. The van der Waals surface area contributed by atoms with Gasteiger partial charge < -0.3 is 9.80 Å². The van der Waals surface area contributed by atoms with Gasteiger partial charge in [-0.1, -0.05) is 115 Å². The Kier molecular flexibility index (Phi) is 6.57. The Morgan fingerprint density at radius 1 is 0.319 bits per heavy atom. The molecule has 0 fully saturated rings. The van der Waals surface area contributed by atoms with Crippen molar-refractivity contribution in [3.05, 3.63) is 193 Å². The molecule has 2 heteroatoms. The summed E-state index contributed by atoms with van der Waals surface area (Å²) in [6.07, 6.45) is 0.894. The molecule has 222 valence electrons. The number of fused-ring (bicyclic) bond motifs is 5. The minimum atomic E-state index is 0.894. The van der Waals surface area contributed by atoms with E-state index in [2.05, 4.69) is 192 Å². The van der Waals surface area contributed by atoms with E-state index in [1.165, 1.54) is 60.9 Å². The number of rotatable bonds is 6. The van der Waals surface area contributed by atoms with Gasteiger partial charge in [0.1, 0.15) is 0 Å². The molecule has 8 aromatic rings. The van der Waals surface area contributed by atoms with Gasteiger partial charge in [0, 0.05) is 33.8 Å². The second kappa shape index (κ2) is 11.3. The minimum absolute atomic E-state index is 0.894. The van der Waals surface area contributed by atoms with E-state index in [1.54, 1.807) is 0 Å². The van der Waals surface area contributed by atoms with E-state index < -0.39 is 0 Å². The molecule has 8 aromatic carbocycles. The fourth-order valence-electron chi connectivity index (χ4n) is 7.21. The van der Waals surface area contributed by atoms with Gasteiger partial charge in [0.25, 0.3) is 0 Å². The SMILES string of the molecule is c1ccc(N(c2ccccc2)c2ccc3c(c2)Cc2cc(N(c4ccc5ccccc5c4)c4cccc5ccccc45)ccc2-3)cc1. The van der Waals surface area contributed by atoms with Crippen molar-refractivity contribution in [2.45, 2.75) is 6.42 Å². The highest BCUT2D eigenvalue weighted by Gasteiger charge is 2.24. The molecule has 0 unspecified atom stereocenters. The monoisotopic (exact) mass is 600 g/mol. The van der Waals surface area contributed by atoms with Crippen molar-refractivity contribution in [2.24, 2.45) is 0 Å².